The third-order valence-corrected chi connectivity index (χ3v) is 5.93. The highest BCUT2D eigenvalue weighted by atomic mass is 32.1. The van der Waals surface area contributed by atoms with Gasteiger partial charge < -0.3 is 0 Å². The SMILES string of the molecule is CC(=O)N(c1nc(/C=C(\C#N)c2nc(C)cs2)cs1)c1cccc(C)c1C. The summed E-state index contributed by atoms with van der Waals surface area (Å²) in [7, 11) is 0. The molecule has 3 rings (SSSR count). The van der Waals surface area contributed by atoms with E-state index in [4.69, 9.17) is 0 Å². The first kappa shape index (κ1) is 19.0. The van der Waals surface area contributed by atoms with Crippen molar-refractivity contribution in [3.63, 3.8) is 0 Å². The van der Waals surface area contributed by atoms with Gasteiger partial charge in [0.15, 0.2) is 5.13 Å². The highest BCUT2D eigenvalue weighted by Crippen LogP contribution is 2.33. The summed E-state index contributed by atoms with van der Waals surface area (Å²) in [5.41, 5.74) is 4.95. The number of rotatable bonds is 4. The normalized spacial score (nSPS) is 11.3. The smallest absolute Gasteiger partial charge is 0.230 e. The summed E-state index contributed by atoms with van der Waals surface area (Å²) in [5.74, 6) is -0.107. The molecule has 27 heavy (non-hydrogen) atoms. The molecule has 0 spiro atoms. The summed E-state index contributed by atoms with van der Waals surface area (Å²) in [4.78, 5) is 22.9. The number of carbonyl (C=O) groups is 1. The van der Waals surface area contributed by atoms with Crippen molar-refractivity contribution >= 4 is 51.0 Å². The number of nitriles is 1. The van der Waals surface area contributed by atoms with E-state index in [0.717, 1.165) is 22.5 Å². The zero-order valence-corrected chi connectivity index (χ0v) is 17.1. The molecule has 0 aliphatic rings. The molecule has 0 radical (unpaired) electrons. The van der Waals surface area contributed by atoms with Gasteiger partial charge in [-0.05, 0) is 44.0 Å². The van der Waals surface area contributed by atoms with E-state index in [0.29, 0.717) is 21.4 Å². The van der Waals surface area contributed by atoms with Gasteiger partial charge in [0.05, 0.1) is 17.0 Å². The van der Waals surface area contributed by atoms with Crippen LogP contribution in [0.5, 0.6) is 0 Å². The first-order valence-electron chi connectivity index (χ1n) is 8.27. The Kier molecular flexibility index (Phi) is 5.49. The van der Waals surface area contributed by atoms with Crippen LogP contribution in [0.3, 0.4) is 0 Å². The molecule has 0 N–H and O–H groups in total. The molecule has 1 amide bonds. The minimum Gasteiger partial charge on any atom is -0.274 e. The minimum atomic E-state index is -0.107. The van der Waals surface area contributed by atoms with Crippen molar-refractivity contribution in [3.8, 4) is 6.07 Å². The van der Waals surface area contributed by atoms with Crippen LogP contribution in [0, 0.1) is 32.1 Å². The Morgan fingerprint density at radius 1 is 1.19 bits per heavy atom. The van der Waals surface area contributed by atoms with Crippen LogP contribution in [0.1, 0.15) is 34.4 Å². The van der Waals surface area contributed by atoms with Crippen LogP contribution >= 0.6 is 22.7 Å². The number of hydrogen-bond acceptors (Lipinski definition) is 6. The van der Waals surface area contributed by atoms with Gasteiger partial charge in [-0.3, -0.25) is 9.69 Å². The molecule has 2 aromatic heterocycles. The van der Waals surface area contributed by atoms with Crippen molar-refractivity contribution in [1.82, 2.24) is 9.97 Å². The molecule has 0 unspecified atom stereocenters. The molecular weight excluding hydrogens is 376 g/mol. The fourth-order valence-electron chi connectivity index (χ4n) is 2.60. The van der Waals surface area contributed by atoms with E-state index in [1.54, 1.807) is 11.0 Å². The Labute approximate surface area is 166 Å². The van der Waals surface area contributed by atoms with Crippen LogP contribution in [-0.2, 0) is 4.79 Å². The zero-order valence-electron chi connectivity index (χ0n) is 15.5. The monoisotopic (exact) mass is 394 g/mol. The number of amides is 1. The Balaban J connectivity index is 2.00. The van der Waals surface area contributed by atoms with E-state index >= 15 is 0 Å². The molecule has 2 heterocycles. The van der Waals surface area contributed by atoms with Gasteiger partial charge in [0.2, 0.25) is 5.91 Å². The summed E-state index contributed by atoms with van der Waals surface area (Å²) >= 11 is 2.80. The standard InChI is InChI=1S/C20H18N4OS2/c1-12-6-5-7-18(14(12)3)24(15(4)25)20-23-17(11-27-20)8-16(9-21)19-22-13(2)10-26-19/h5-8,10-11H,1-4H3/b16-8+. The molecular formula is C20H18N4OS2. The molecule has 0 aliphatic heterocycles. The lowest BCUT2D eigenvalue weighted by atomic mass is 10.1. The Bertz CT molecular complexity index is 1070. The summed E-state index contributed by atoms with van der Waals surface area (Å²) in [6.45, 7) is 7.43. The Morgan fingerprint density at radius 2 is 1.96 bits per heavy atom. The summed E-state index contributed by atoms with van der Waals surface area (Å²) < 4.78 is 0. The maximum atomic E-state index is 12.3. The van der Waals surface area contributed by atoms with E-state index in [-0.39, 0.29) is 5.91 Å². The summed E-state index contributed by atoms with van der Waals surface area (Å²) in [5, 5.41) is 14.5. The average molecular weight is 395 g/mol. The first-order valence-corrected chi connectivity index (χ1v) is 10.0. The first-order chi connectivity index (χ1) is 12.9. The molecule has 1 aromatic carbocycles. The lowest BCUT2D eigenvalue weighted by molar-refractivity contribution is -0.115. The Morgan fingerprint density at radius 3 is 2.59 bits per heavy atom. The minimum absolute atomic E-state index is 0.107. The third-order valence-electron chi connectivity index (χ3n) is 4.10. The maximum absolute atomic E-state index is 12.3. The van der Waals surface area contributed by atoms with Crippen molar-refractivity contribution in [2.24, 2.45) is 0 Å². The van der Waals surface area contributed by atoms with E-state index in [2.05, 4.69) is 16.0 Å². The van der Waals surface area contributed by atoms with Gasteiger partial charge in [-0.2, -0.15) is 5.26 Å². The fourth-order valence-corrected chi connectivity index (χ4v) is 4.20. The van der Waals surface area contributed by atoms with Gasteiger partial charge in [-0.15, -0.1) is 22.7 Å². The van der Waals surface area contributed by atoms with E-state index in [1.807, 2.05) is 49.7 Å². The maximum Gasteiger partial charge on any atom is 0.230 e. The van der Waals surface area contributed by atoms with E-state index in [9.17, 15) is 10.1 Å². The second-order valence-corrected chi connectivity index (χ2v) is 7.79. The molecule has 0 atom stereocenters. The largest absolute Gasteiger partial charge is 0.274 e. The molecule has 5 nitrogen and oxygen atoms in total. The topological polar surface area (TPSA) is 69.9 Å². The van der Waals surface area contributed by atoms with Crippen molar-refractivity contribution in [3.05, 3.63) is 56.5 Å². The lowest BCUT2D eigenvalue weighted by Crippen LogP contribution is -2.23. The van der Waals surface area contributed by atoms with Gasteiger partial charge in [0.25, 0.3) is 0 Å². The lowest BCUT2D eigenvalue weighted by Gasteiger charge is -2.21. The number of hydrogen-bond donors (Lipinski definition) is 0. The number of carbonyl (C=O) groups excluding carboxylic acids is 1. The number of benzene rings is 1. The van der Waals surface area contributed by atoms with Crippen molar-refractivity contribution in [2.45, 2.75) is 27.7 Å². The highest BCUT2D eigenvalue weighted by Gasteiger charge is 2.20. The van der Waals surface area contributed by atoms with Crippen molar-refractivity contribution in [2.75, 3.05) is 4.90 Å². The highest BCUT2D eigenvalue weighted by molar-refractivity contribution is 7.14. The van der Waals surface area contributed by atoms with Crippen LogP contribution < -0.4 is 4.90 Å². The second kappa shape index (κ2) is 7.82. The molecule has 136 valence electrons. The molecule has 3 aromatic rings. The summed E-state index contributed by atoms with van der Waals surface area (Å²) in [6, 6.07) is 8.05. The second-order valence-electron chi connectivity index (χ2n) is 6.09. The molecule has 0 fully saturated rings. The van der Waals surface area contributed by atoms with Crippen LogP contribution in [0.15, 0.2) is 29.0 Å². The van der Waals surface area contributed by atoms with Gasteiger partial charge in [0, 0.05) is 23.4 Å². The third kappa shape index (κ3) is 3.97. The van der Waals surface area contributed by atoms with Crippen LogP contribution in [-0.4, -0.2) is 15.9 Å². The molecule has 7 heteroatoms. The van der Waals surface area contributed by atoms with E-state index in [1.165, 1.54) is 29.6 Å². The Hall–Kier alpha value is -2.82. The molecule has 0 aliphatic carbocycles. The molecule has 0 bridgehead atoms. The van der Waals surface area contributed by atoms with Gasteiger partial charge in [-0.1, -0.05) is 12.1 Å². The van der Waals surface area contributed by atoms with Crippen LogP contribution in [0.4, 0.5) is 10.8 Å². The van der Waals surface area contributed by atoms with Crippen molar-refractivity contribution < 1.29 is 4.79 Å². The zero-order chi connectivity index (χ0) is 19.6. The predicted octanol–water partition coefficient (Wildman–Crippen LogP) is 5.27. The molecule has 0 saturated carbocycles. The van der Waals surface area contributed by atoms with Gasteiger partial charge in [0.1, 0.15) is 11.1 Å². The number of nitrogens with zero attached hydrogens (tertiary/aromatic N) is 4. The van der Waals surface area contributed by atoms with Crippen LogP contribution in [0.25, 0.3) is 11.6 Å². The number of thiazole rings is 2. The molecule has 0 saturated heterocycles. The number of aromatic nitrogens is 2. The van der Waals surface area contributed by atoms with Gasteiger partial charge in [-0.25, -0.2) is 9.97 Å². The predicted molar refractivity (Wildman–Crippen MR) is 111 cm³/mol. The number of anilines is 2. The van der Waals surface area contributed by atoms with Crippen molar-refractivity contribution in [1.29, 1.82) is 5.26 Å². The fraction of sp³-hybridized carbons (Fsp3) is 0.200. The number of allylic oxidation sites excluding steroid dienone is 1. The quantitative estimate of drug-likeness (QED) is 0.565. The average Bonchev–Trinajstić information content (AvgIpc) is 3.25. The van der Waals surface area contributed by atoms with Gasteiger partial charge >= 0.3 is 0 Å². The number of aryl methyl sites for hydroxylation is 2. The van der Waals surface area contributed by atoms with Crippen LogP contribution in [0.2, 0.25) is 0 Å². The van der Waals surface area contributed by atoms with E-state index < -0.39 is 0 Å². The summed E-state index contributed by atoms with van der Waals surface area (Å²) in [6.07, 6.45) is 1.71.